The first-order chi connectivity index (χ1) is 7.09. The Labute approximate surface area is 90.9 Å². The first kappa shape index (κ1) is 12.2. The highest BCUT2D eigenvalue weighted by atomic mass is 16.3. The summed E-state index contributed by atoms with van der Waals surface area (Å²) in [6.45, 7) is 3.25. The van der Waals surface area contributed by atoms with E-state index < -0.39 is 0 Å². The second kappa shape index (κ2) is 5.90. The van der Waals surface area contributed by atoms with E-state index in [0.29, 0.717) is 13.1 Å². The van der Waals surface area contributed by atoms with Crippen LogP contribution in [0.25, 0.3) is 0 Å². The largest absolute Gasteiger partial charge is 0.468 e. The van der Waals surface area contributed by atoms with Crippen molar-refractivity contribution in [1.82, 2.24) is 10.2 Å². The van der Waals surface area contributed by atoms with Crippen LogP contribution in [0.3, 0.4) is 0 Å². The van der Waals surface area contributed by atoms with Gasteiger partial charge >= 0.3 is 0 Å². The summed E-state index contributed by atoms with van der Waals surface area (Å²) in [6, 6.07) is 3.93. The summed E-state index contributed by atoms with van der Waals surface area (Å²) in [6.07, 6.45) is 1.31. The van der Waals surface area contributed by atoms with Crippen LogP contribution in [0.15, 0.2) is 22.8 Å². The van der Waals surface area contributed by atoms with E-state index in [9.17, 15) is 5.11 Å². The molecular weight excluding hydrogens is 192 g/mol. The zero-order valence-corrected chi connectivity index (χ0v) is 9.60. The molecule has 1 aromatic heterocycles. The van der Waals surface area contributed by atoms with E-state index in [1.165, 1.54) is 0 Å². The molecule has 86 valence electrons. The molecule has 0 aliphatic carbocycles. The summed E-state index contributed by atoms with van der Waals surface area (Å²) in [5, 5.41) is 12.9. The van der Waals surface area contributed by atoms with Crippen LogP contribution in [-0.4, -0.2) is 43.3 Å². The maximum atomic E-state index is 9.63. The number of likely N-dealkylation sites (N-methyl/N-ethyl adjacent to an activating group) is 1. The maximum Gasteiger partial charge on any atom is 0.120 e. The second-order valence-electron chi connectivity index (χ2n) is 4.06. The van der Waals surface area contributed by atoms with Gasteiger partial charge in [0.2, 0.25) is 0 Å². The number of aliphatic hydroxyl groups excluding tert-OH is 1. The Morgan fingerprint density at radius 1 is 1.53 bits per heavy atom. The lowest BCUT2D eigenvalue weighted by Gasteiger charge is -2.18. The first-order valence-corrected chi connectivity index (χ1v) is 5.19. The standard InChI is InChI=1S/C11H20N2O2/c1-9(11-5-4-6-15-11)12-7-10(14)8-13(2)3/h4-6,9-10,12,14H,7-8H2,1-3H3. The van der Waals surface area contributed by atoms with Gasteiger partial charge in [-0.15, -0.1) is 0 Å². The Bertz CT molecular complexity index is 260. The molecule has 0 fully saturated rings. The van der Waals surface area contributed by atoms with E-state index in [-0.39, 0.29) is 12.1 Å². The molecule has 0 spiro atoms. The van der Waals surface area contributed by atoms with Crippen LogP contribution in [0.1, 0.15) is 18.7 Å². The molecule has 15 heavy (non-hydrogen) atoms. The lowest BCUT2D eigenvalue weighted by Crippen LogP contribution is -2.35. The molecule has 0 aliphatic heterocycles. The molecule has 0 saturated carbocycles. The number of furan rings is 1. The molecule has 0 aliphatic rings. The zero-order chi connectivity index (χ0) is 11.3. The van der Waals surface area contributed by atoms with E-state index in [0.717, 1.165) is 5.76 Å². The van der Waals surface area contributed by atoms with E-state index >= 15 is 0 Å². The number of rotatable bonds is 6. The van der Waals surface area contributed by atoms with Crippen LogP contribution in [-0.2, 0) is 0 Å². The molecule has 4 nitrogen and oxygen atoms in total. The van der Waals surface area contributed by atoms with Crippen molar-refractivity contribution in [3.8, 4) is 0 Å². The highest BCUT2D eigenvalue weighted by Gasteiger charge is 2.10. The smallest absolute Gasteiger partial charge is 0.120 e. The van der Waals surface area contributed by atoms with Gasteiger partial charge in [0.15, 0.2) is 0 Å². The Hall–Kier alpha value is -0.840. The number of hydrogen-bond acceptors (Lipinski definition) is 4. The fourth-order valence-electron chi connectivity index (χ4n) is 1.44. The third kappa shape index (κ3) is 4.46. The number of aliphatic hydroxyl groups is 1. The van der Waals surface area contributed by atoms with Crippen LogP contribution in [0, 0.1) is 0 Å². The topological polar surface area (TPSA) is 48.6 Å². The molecule has 2 unspecified atom stereocenters. The van der Waals surface area contributed by atoms with Crippen molar-refractivity contribution in [2.24, 2.45) is 0 Å². The van der Waals surface area contributed by atoms with Gasteiger partial charge in [0.1, 0.15) is 5.76 Å². The average molecular weight is 212 g/mol. The molecule has 0 saturated heterocycles. The highest BCUT2D eigenvalue weighted by molar-refractivity contribution is 5.02. The van der Waals surface area contributed by atoms with E-state index in [1.807, 2.05) is 38.1 Å². The summed E-state index contributed by atoms with van der Waals surface area (Å²) in [5.74, 6) is 0.895. The zero-order valence-electron chi connectivity index (χ0n) is 9.60. The third-order valence-electron chi connectivity index (χ3n) is 2.21. The van der Waals surface area contributed by atoms with Gasteiger partial charge in [-0.05, 0) is 33.2 Å². The molecule has 2 N–H and O–H groups in total. The fourth-order valence-corrected chi connectivity index (χ4v) is 1.44. The summed E-state index contributed by atoms with van der Waals surface area (Å²) in [4.78, 5) is 1.96. The Morgan fingerprint density at radius 3 is 2.80 bits per heavy atom. The Balaban J connectivity index is 2.25. The molecule has 1 heterocycles. The predicted octanol–water partition coefficient (Wildman–Crippen LogP) is 0.853. The third-order valence-corrected chi connectivity index (χ3v) is 2.21. The van der Waals surface area contributed by atoms with E-state index in [2.05, 4.69) is 5.32 Å². The number of nitrogens with zero attached hydrogens (tertiary/aromatic N) is 1. The minimum Gasteiger partial charge on any atom is -0.468 e. The second-order valence-corrected chi connectivity index (χ2v) is 4.06. The summed E-state index contributed by atoms with van der Waals surface area (Å²) >= 11 is 0. The van der Waals surface area contributed by atoms with Gasteiger partial charge in [-0.1, -0.05) is 0 Å². The summed E-state index contributed by atoms with van der Waals surface area (Å²) in [5.41, 5.74) is 0. The van der Waals surface area contributed by atoms with Gasteiger partial charge in [-0.3, -0.25) is 0 Å². The van der Waals surface area contributed by atoms with Gasteiger partial charge in [-0.2, -0.15) is 0 Å². The molecule has 0 radical (unpaired) electrons. The Morgan fingerprint density at radius 2 is 2.27 bits per heavy atom. The normalized spacial score (nSPS) is 15.5. The number of hydrogen-bond donors (Lipinski definition) is 2. The molecule has 0 aromatic carbocycles. The van der Waals surface area contributed by atoms with Gasteiger partial charge in [0, 0.05) is 13.1 Å². The molecule has 4 heteroatoms. The summed E-state index contributed by atoms with van der Waals surface area (Å²) in [7, 11) is 3.89. The molecule has 0 bridgehead atoms. The van der Waals surface area contributed by atoms with Crippen molar-refractivity contribution >= 4 is 0 Å². The average Bonchev–Trinajstić information content (AvgIpc) is 2.65. The van der Waals surface area contributed by atoms with Gasteiger partial charge in [0.25, 0.3) is 0 Å². The molecule has 1 rings (SSSR count). The fraction of sp³-hybridized carbons (Fsp3) is 0.636. The molecular formula is C11H20N2O2. The molecule has 2 atom stereocenters. The van der Waals surface area contributed by atoms with Crippen molar-refractivity contribution in [2.75, 3.05) is 27.2 Å². The van der Waals surface area contributed by atoms with Gasteiger partial charge in [0.05, 0.1) is 18.4 Å². The maximum absolute atomic E-state index is 9.63. The lowest BCUT2D eigenvalue weighted by atomic mass is 10.2. The van der Waals surface area contributed by atoms with E-state index in [4.69, 9.17) is 4.42 Å². The van der Waals surface area contributed by atoms with Crippen LogP contribution in [0.2, 0.25) is 0 Å². The van der Waals surface area contributed by atoms with Gasteiger partial charge < -0.3 is 19.7 Å². The molecule has 0 amide bonds. The van der Waals surface area contributed by atoms with Crippen molar-refractivity contribution in [2.45, 2.75) is 19.1 Å². The van der Waals surface area contributed by atoms with Crippen molar-refractivity contribution in [1.29, 1.82) is 0 Å². The quantitative estimate of drug-likeness (QED) is 0.734. The minimum atomic E-state index is -0.350. The van der Waals surface area contributed by atoms with Crippen molar-refractivity contribution in [3.63, 3.8) is 0 Å². The predicted molar refractivity (Wildman–Crippen MR) is 59.7 cm³/mol. The highest BCUT2D eigenvalue weighted by Crippen LogP contribution is 2.11. The summed E-state index contributed by atoms with van der Waals surface area (Å²) < 4.78 is 5.25. The van der Waals surface area contributed by atoms with Crippen molar-refractivity contribution < 1.29 is 9.52 Å². The van der Waals surface area contributed by atoms with Crippen LogP contribution in [0.4, 0.5) is 0 Å². The SMILES string of the molecule is CC(NCC(O)CN(C)C)c1ccco1. The van der Waals surface area contributed by atoms with Gasteiger partial charge in [-0.25, -0.2) is 0 Å². The monoisotopic (exact) mass is 212 g/mol. The minimum absolute atomic E-state index is 0.136. The number of nitrogens with one attached hydrogen (secondary N) is 1. The Kier molecular flexibility index (Phi) is 4.81. The van der Waals surface area contributed by atoms with Crippen LogP contribution >= 0.6 is 0 Å². The van der Waals surface area contributed by atoms with Crippen molar-refractivity contribution in [3.05, 3.63) is 24.2 Å². The lowest BCUT2D eigenvalue weighted by molar-refractivity contribution is 0.131. The van der Waals surface area contributed by atoms with Crippen LogP contribution < -0.4 is 5.32 Å². The van der Waals surface area contributed by atoms with E-state index in [1.54, 1.807) is 6.26 Å². The molecule has 1 aromatic rings. The first-order valence-electron chi connectivity index (χ1n) is 5.19. The van der Waals surface area contributed by atoms with Crippen LogP contribution in [0.5, 0.6) is 0 Å².